The molecule has 4 aromatic carbocycles. The Hall–Kier alpha value is -2.84. The minimum Gasteiger partial charge on any atom is -0.256 e. The van der Waals surface area contributed by atoms with Crippen molar-refractivity contribution in [1.82, 2.24) is 4.98 Å². The largest absolute Gasteiger partial charge is 0.256 e. The van der Waals surface area contributed by atoms with Crippen LogP contribution in [-0.4, -0.2) is 4.98 Å². The predicted octanol–water partition coefficient (Wildman–Crippen LogP) is 10.2. The third-order valence-electron chi connectivity index (χ3n) is 7.28. The number of hydrogen-bond acceptors (Lipinski definition) is 2. The van der Waals surface area contributed by atoms with Crippen molar-refractivity contribution in [2.24, 2.45) is 10.8 Å². The summed E-state index contributed by atoms with van der Waals surface area (Å²) < 4.78 is 0. The molecule has 0 saturated carbocycles. The first-order chi connectivity index (χ1) is 17.0. The van der Waals surface area contributed by atoms with Crippen LogP contribution in [-0.2, 0) is 12.8 Å². The van der Waals surface area contributed by atoms with Gasteiger partial charge in [-0.15, -0.1) is 0 Å². The normalized spacial score (nSPS) is 13.5. The molecule has 1 aromatic heterocycles. The highest BCUT2D eigenvalue weighted by atomic mass is 32.2. The van der Waals surface area contributed by atoms with Gasteiger partial charge in [-0.25, -0.2) is 0 Å². The van der Waals surface area contributed by atoms with E-state index in [0.717, 1.165) is 18.5 Å². The van der Waals surface area contributed by atoms with Crippen molar-refractivity contribution in [3.8, 4) is 11.3 Å². The average Bonchev–Trinajstić information content (AvgIpc) is 2.78. The summed E-state index contributed by atoms with van der Waals surface area (Å²) in [4.78, 5) is 7.76. The fraction of sp³-hybridized carbons (Fsp3) is 0.324. The van der Waals surface area contributed by atoms with Gasteiger partial charge in [-0.1, -0.05) is 89.7 Å². The summed E-state index contributed by atoms with van der Waals surface area (Å²) in [5.41, 5.74) is 7.13. The van der Waals surface area contributed by atoms with Gasteiger partial charge in [0.25, 0.3) is 0 Å². The van der Waals surface area contributed by atoms with Crippen LogP contribution in [0.15, 0.2) is 70.6 Å². The molecule has 2 heterocycles. The van der Waals surface area contributed by atoms with Gasteiger partial charge in [-0.05, 0) is 92.4 Å². The summed E-state index contributed by atoms with van der Waals surface area (Å²) in [5, 5.41) is 8.10. The maximum absolute atomic E-state index is 5.02. The van der Waals surface area contributed by atoms with Crippen molar-refractivity contribution in [2.75, 3.05) is 0 Å². The highest BCUT2D eigenvalue weighted by molar-refractivity contribution is 8.00. The number of fused-ring (bicyclic) bond motifs is 5. The van der Waals surface area contributed by atoms with E-state index in [4.69, 9.17) is 4.98 Å². The molecule has 0 radical (unpaired) electrons. The van der Waals surface area contributed by atoms with Crippen LogP contribution >= 0.6 is 11.8 Å². The third-order valence-corrected chi connectivity index (χ3v) is 8.49. The second-order valence-corrected chi connectivity index (χ2v) is 14.0. The van der Waals surface area contributed by atoms with Crippen molar-refractivity contribution in [1.29, 1.82) is 0 Å². The minimum atomic E-state index is 0.188. The SMILES string of the molecule is Cc1cccc2cc3c(c(CC(C)(C)C)c12)Sc1cc2c(CC(C)(C)C)cccc2c2ccnc-3c12. The van der Waals surface area contributed by atoms with E-state index in [2.05, 4.69) is 103 Å². The van der Waals surface area contributed by atoms with E-state index in [1.807, 2.05) is 18.0 Å². The van der Waals surface area contributed by atoms with Crippen molar-refractivity contribution in [3.05, 3.63) is 77.5 Å². The molecule has 2 heteroatoms. The minimum absolute atomic E-state index is 0.188. The number of benzene rings is 4. The van der Waals surface area contributed by atoms with Crippen LogP contribution < -0.4 is 0 Å². The van der Waals surface area contributed by atoms with E-state index >= 15 is 0 Å². The van der Waals surface area contributed by atoms with Gasteiger partial charge in [0.15, 0.2) is 0 Å². The van der Waals surface area contributed by atoms with Crippen LogP contribution in [0.3, 0.4) is 0 Å². The van der Waals surface area contributed by atoms with Crippen molar-refractivity contribution >= 4 is 44.1 Å². The number of aromatic nitrogens is 1. The van der Waals surface area contributed by atoms with Crippen LogP contribution in [0.5, 0.6) is 0 Å². The highest BCUT2D eigenvalue weighted by Crippen LogP contribution is 2.53. The number of aryl methyl sites for hydroxylation is 1. The Bertz CT molecular complexity index is 1680. The fourth-order valence-corrected chi connectivity index (χ4v) is 7.26. The Balaban J connectivity index is 1.71. The Morgan fingerprint density at radius 1 is 0.750 bits per heavy atom. The van der Waals surface area contributed by atoms with E-state index in [1.54, 1.807) is 0 Å². The van der Waals surface area contributed by atoms with Gasteiger partial charge in [0.1, 0.15) is 0 Å². The monoisotopic (exact) mass is 489 g/mol. The molecule has 6 rings (SSSR count). The van der Waals surface area contributed by atoms with Gasteiger partial charge < -0.3 is 0 Å². The molecule has 0 N–H and O–H groups in total. The molecular formula is C34H35NS. The molecule has 1 nitrogen and oxygen atoms in total. The molecule has 36 heavy (non-hydrogen) atoms. The standard InChI is InChI=1S/C34H35NS/c1-20-10-8-11-21-16-26-31-30-24(14-15-35-31)23-13-9-12-22(18-33(2,3)4)25(23)17-28(30)36-32(26)27(29(20)21)19-34(5,6)7/h8-17H,18-19H2,1-7H3. The van der Waals surface area contributed by atoms with Crippen LogP contribution in [0.1, 0.15) is 58.2 Å². The lowest BCUT2D eigenvalue weighted by atomic mass is 9.83. The van der Waals surface area contributed by atoms with Crippen LogP contribution in [0, 0.1) is 17.8 Å². The first-order valence-corrected chi connectivity index (χ1v) is 13.9. The van der Waals surface area contributed by atoms with E-state index in [0.29, 0.717) is 0 Å². The van der Waals surface area contributed by atoms with E-state index in [9.17, 15) is 0 Å². The molecule has 1 aliphatic rings. The molecule has 5 aromatic rings. The van der Waals surface area contributed by atoms with E-state index in [1.165, 1.54) is 64.4 Å². The number of rotatable bonds is 2. The van der Waals surface area contributed by atoms with Gasteiger partial charge >= 0.3 is 0 Å². The summed E-state index contributed by atoms with van der Waals surface area (Å²) in [7, 11) is 0. The second kappa shape index (κ2) is 8.08. The van der Waals surface area contributed by atoms with Crippen molar-refractivity contribution < 1.29 is 0 Å². The molecule has 182 valence electrons. The summed E-state index contributed by atoms with van der Waals surface area (Å²) in [6.07, 6.45) is 4.12. The van der Waals surface area contributed by atoms with Crippen LogP contribution in [0.25, 0.3) is 43.6 Å². The highest BCUT2D eigenvalue weighted by Gasteiger charge is 2.28. The smallest absolute Gasteiger partial charge is 0.0803 e. The summed E-state index contributed by atoms with van der Waals surface area (Å²) in [6, 6.07) is 20.6. The van der Waals surface area contributed by atoms with Crippen molar-refractivity contribution in [2.45, 2.75) is 71.1 Å². The third kappa shape index (κ3) is 3.91. The lowest BCUT2D eigenvalue weighted by molar-refractivity contribution is 0.410. The van der Waals surface area contributed by atoms with Crippen LogP contribution in [0.4, 0.5) is 0 Å². The first-order valence-electron chi connectivity index (χ1n) is 13.1. The summed E-state index contributed by atoms with van der Waals surface area (Å²) >= 11 is 1.97. The Kier molecular flexibility index (Phi) is 5.29. The molecule has 0 fully saturated rings. The number of pyridine rings is 1. The molecule has 1 aliphatic heterocycles. The number of nitrogens with zero attached hydrogens (tertiary/aromatic N) is 1. The van der Waals surface area contributed by atoms with Gasteiger partial charge in [0.05, 0.1) is 5.69 Å². The summed E-state index contributed by atoms with van der Waals surface area (Å²) in [6.45, 7) is 16.3. The Morgan fingerprint density at radius 2 is 1.50 bits per heavy atom. The average molecular weight is 490 g/mol. The molecule has 0 aliphatic carbocycles. The first kappa shape index (κ1) is 23.6. The molecular weight excluding hydrogens is 454 g/mol. The van der Waals surface area contributed by atoms with Gasteiger partial charge in [0.2, 0.25) is 0 Å². The van der Waals surface area contributed by atoms with E-state index < -0.39 is 0 Å². The van der Waals surface area contributed by atoms with Crippen molar-refractivity contribution in [3.63, 3.8) is 0 Å². The van der Waals surface area contributed by atoms with Gasteiger partial charge in [-0.2, -0.15) is 0 Å². The molecule has 0 unspecified atom stereocenters. The molecule has 0 saturated heterocycles. The molecule has 0 spiro atoms. The lowest BCUT2D eigenvalue weighted by Gasteiger charge is -2.28. The molecule has 0 atom stereocenters. The van der Waals surface area contributed by atoms with Crippen LogP contribution in [0.2, 0.25) is 0 Å². The zero-order valence-electron chi connectivity index (χ0n) is 22.5. The number of hydrogen-bond donors (Lipinski definition) is 0. The molecule has 0 bridgehead atoms. The summed E-state index contributed by atoms with van der Waals surface area (Å²) in [5.74, 6) is 0. The maximum Gasteiger partial charge on any atom is 0.0803 e. The van der Waals surface area contributed by atoms with E-state index in [-0.39, 0.29) is 10.8 Å². The topological polar surface area (TPSA) is 12.9 Å². The van der Waals surface area contributed by atoms with Gasteiger partial charge in [0, 0.05) is 26.9 Å². The predicted molar refractivity (Wildman–Crippen MR) is 157 cm³/mol. The quantitative estimate of drug-likeness (QED) is 0.224. The zero-order valence-corrected chi connectivity index (χ0v) is 23.4. The maximum atomic E-state index is 5.02. The zero-order chi connectivity index (χ0) is 25.4. The van der Waals surface area contributed by atoms with Gasteiger partial charge in [-0.3, -0.25) is 4.98 Å². The fourth-order valence-electron chi connectivity index (χ4n) is 5.99. The lowest BCUT2D eigenvalue weighted by Crippen LogP contribution is -2.12. The second-order valence-electron chi connectivity index (χ2n) is 13.0. The molecule has 0 amide bonds. The Labute approximate surface area is 219 Å². The Morgan fingerprint density at radius 3 is 2.25 bits per heavy atom.